The molecule has 0 radical (unpaired) electrons. The van der Waals surface area contributed by atoms with Gasteiger partial charge in [0.05, 0.1) is 11.4 Å². The van der Waals surface area contributed by atoms with Crippen molar-refractivity contribution in [3.63, 3.8) is 0 Å². The molecule has 0 atom stereocenters. The molecular weight excluding hydrogens is 236 g/mol. The third-order valence-corrected chi connectivity index (χ3v) is 2.54. The fourth-order valence-electron chi connectivity index (χ4n) is 1.01. The molecule has 0 amide bonds. The topological polar surface area (TPSA) is 77.8 Å². The number of halogens is 1. The zero-order valence-electron chi connectivity index (χ0n) is 9.81. The summed E-state index contributed by atoms with van der Waals surface area (Å²) >= 11 is 5.58. The Labute approximate surface area is 106 Å². The predicted molar refractivity (Wildman–Crippen MR) is 71.8 cm³/mol. The summed E-state index contributed by atoms with van der Waals surface area (Å²) in [5, 5.41) is 0.384. The fraction of sp³-hybridized carbons (Fsp3) is 0.167. The Kier molecular flexibility index (Phi) is 4.72. The second-order valence-electron chi connectivity index (χ2n) is 3.56. The highest BCUT2D eigenvalue weighted by Crippen LogP contribution is 2.17. The number of aryl methyl sites for hydroxylation is 2. The zero-order valence-corrected chi connectivity index (χ0v) is 10.6. The molecule has 0 aromatic carbocycles. The van der Waals surface area contributed by atoms with E-state index in [1.165, 1.54) is 0 Å². The first-order valence-electron chi connectivity index (χ1n) is 5.05. The highest BCUT2D eigenvalue weighted by atomic mass is 35.5. The van der Waals surface area contributed by atoms with Crippen molar-refractivity contribution in [3.8, 4) is 0 Å². The van der Waals surface area contributed by atoms with Gasteiger partial charge in [0.25, 0.3) is 0 Å². The van der Waals surface area contributed by atoms with Crippen LogP contribution < -0.4 is 11.5 Å². The van der Waals surface area contributed by atoms with Crippen LogP contribution in [0, 0.1) is 13.8 Å². The summed E-state index contributed by atoms with van der Waals surface area (Å²) in [5.41, 5.74) is 14.3. The molecule has 0 aliphatic rings. The van der Waals surface area contributed by atoms with Crippen LogP contribution >= 0.6 is 11.6 Å². The Balaban J connectivity index is 0.000000171. The van der Waals surface area contributed by atoms with Crippen molar-refractivity contribution >= 4 is 23.0 Å². The second kappa shape index (κ2) is 6.06. The lowest BCUT2D eigenvalue weighted by Crippen LogP contribution is -1.91. The van der Waals surface area contributed by atoms with Crippen LogP contribution in [-0.4, -0.2) is 9.97 Å². The van der Waals surface area contributed by atoms with Gasteiger partial charge in [-0.2, -0.15) is 0 Å². The minimum atomic E-state index is 0.384. The summed E-state index contributed by atoms with van der Waals surface area (Å²) < 4.78 is 0. The molecule has 0 bridgehead atoms. The lowest BCUT2D eigenvalue weighted by molar-refractivity contribution is 1.29. The molecule has 0 spiro atoms. The summed E-state index contributed by atoms with van der Waals surface area (Å²) in [4.78, 5) is 7.60. The van der Waals surface area contributed by atoms with Gasteiger partial charge in [-0.3, -0.25) is 4.98 Å². The highest BCUT2D eigenvalue weighted by molar-refractivity contribution is 6.31. The van der Waals surface area contributed by atoms with Crippen molar-refractivity contribution in [2.24, 2.45) is 0 Å². The van der Waals surface area contributed by atoms with Gasteiger partial charge >= 0.3 is 0 Å². The van der Waals surface area contributed by atoms with E-state index in [-0.39, 0.29) is 0 Å². The Morgan fingerprint density at radius 2 is 1.71 bits per heavy atom. The first kappa shape index (κ1) is 13.3. The van der Waals surface area contributed by atoms with Gasteiger partial charge in [-0.15, -0.1) is 0 Å². The van der Waals surface area contributed by atoms with Crippen molar-refractivity contribution in [3.05, 3.63) is 47.0 Å². The number of hydrogen-bond donors (Lipinski definition) is 2. The van der Waals surface area contributed by atoms with Crippen LogP contribution in [0.2, 0.25) is 5.15 Å². The lowest BCUT2D eigenvalue weighted by Gasteiger charge is -1.97. The average molecular weight is 251 g/mol. The van der Waals surface area contributed by atoms with Gasteiger partial charge in [-0.25, -0.2) is 4.98 Å². The van der Waals surface area contributed by atoms with Gasteiger partial charge in [-0.1, -0.05) is 11.6 Å². The van der Waals surface area contributed by atoms with Gasteiger partial charge in [0.2, 0.25) is 0 Å². The second-order valence-corrected chi connectivity index (χ2v) is 3.92. The molecule has 0 aliphatic carbocycles. The molecule has 0 saturated heterocycles. The van der Waals surface area contributed by atoms with E-state index in [4.69, 9.17) is 23.1 Å². The molecule has 0 aliphatic heterocycles. The summed E-state index contributed by atoms with van der Waals surface area (Å²) in [7, 11) is 0. The van der Waals surface area contributed by atoms with Crippen molar-refractivity contribution < 1.29 is 0 Å². The molecule has 2 aromatic rings. The molecule has 90 valence electrons. The quantitative estimate of drug-likeness (QED) is 0.705. The number of rotatable bonds is 0. The third kappa shape index (κ3) is 3.92. The molecule has 2 heterocycles. The molecule has 17 heavy (non-hydrogen) atoms. The van der Waals surface area contributed by atoms with Crippen molar-refractivity contribution in [2.75, 3.05) is 11.5 Å². The number of hydrogen-bond acceptors (Lipinski definition) is 4. The Hall–Kier alpha value is -1.81. The molecular formula is C12H15ClN4. The number of pyridine rings is 2. The molecule has 2 aromatic heterocycles. The summed E-state index contributed by atoms with van der Waals surface area (Å²) in [6, 6.07) is 3.70. The maximum Gasteiger partial charge on any atom is 0.152 e. The van der Waals surface area contributed by atoms with Gasteiger partial charge in [0.15, 0.2) is 5.15 Å². The van der Waals surface area contributed by atoms with Gasteiger partial charge < -0.3 is 11.5 Å². The van der Waals surface area contributed by atoms with Gasteiger partial charge in [0.1, 0.15) is 0 Å². The maximum absolute atomic E-state index is 5.58. The molecule has 0 saturated carbocycles. The minimum absolute atomic E-state index is 0.384. The standard InChI is InChI=1S/C6H7ClN2.C6H8N2/c1-4-2-3-9-6(7)5(4)8;1-5-2-3-8-4-6(5)7/h2-3H,8H2,1H3;2-4H,7H2,1H3. The van der Waals surface area contributed by atoms with Crippen molar-refractivity contribution in [1.82, 2.24) is 9.97 Å². The maximum atomic E-state index is 5.58. The molecule has 0 unspecified atom stereocenters. The van der Waals surface area contributed by atoms with Gasteiger partial charge in [0, 0.05) is 18.6 Å². The Bertz CT molecular complexity index is 458. The number of nitrogens with two attached hydrogens (primary N) is 2. The Morgan fingerprint density at radius 1 is 1.06 bits per heavy atom. The number of anilines is 2. The average Bonchev–Trinajstić information content (AvgIpc) is 2.31. The summed E-state index contributed by atoms with van der Waals surface area (Å²) in [6.07, 6.45) is 5.01. The molecule has 0 fully saturated rings. The van der Waals surface area contributed by atoms with E-state index in [1.54, 1.807) is 18.6 Å². The number of nitrogen functional groups attached to an aromatic ring is 2. The van der Waals surface area contributed by atoms with Crippen molar-refractivity contribution in [2.45, 2.75) is 13.8 Å². The first-order chi connectivity index (χ1) is 8.02. The summed E-state index contributed by atoms with van der Waals surface area (Å²) in [5.74, 6) is 0. The van der Waals surface area contributed by atoms with E-state index in [9.17, 15) is 0 Å². The van der Waals surface area contributed by atoms with Crippen LogP contribution in [0.4, 0.5) is 11.4 Å². The monoisotopic (exact) mass is 250 g/mol. The van der Waals surface area contributed by atoms with Crippen LogP contribution in [0.3, 0.4) is 0 Å². The smallest absolute Gasteiger partial charge is 0.152 e. The normalized spacial score (nSPS) is 9.35. The lowest BCUT2D eigenvalue weighted by atomic mass is 10.3. The first-order valence-corrected chi connectivity index (χ1v) is 5.43. The van der Waals surface area contributed by atoms with Crippen LogP contribution in [0.1, 0.15) is 11.1 Å². The van der Waals surface area contributed by atoms with E-state index in [0.29, 0.717) is 10.8 Å². The molecule has 4 N–H and O–H groups in total. The van der Waals surface area contributed by atoms with E-state index in [1.807, 2.05) is 26.0 Å². The summed E-state index contributed by atoms with van der Waals surface area (Å²) in [6.45, 7) is 3.85. The molecule has 5 heteroatoms. The van der Waals surface area contributed by atoms with Crippen LogP contribution in [-0.2, 0) is 0 Å². The van der Waals surface area contributed by atoms with Crippen LogP contribution in [0.15, 0.2) is 30.7 Å². The number of nitrogens with zero attached hydrogens (tertiary/aromatic N) is 2. The van der Waals surface area contributed by atoms with E-state index in [0.717, 1.165) is 16.8 Å². The largest absolute Gasteiger partial charge is 0.397 e. The van der Waals surface area contributed by atoms with E-state index in [2.05, 4.69) is 9.97 Å². The van der Waals surface area contributed by atoms with Gasteiger partial charge in [-0.05, 0) is 37.1 Å². The fourth-order valence-corrected chi connectivity index (χ4v) is 1.22. The van der Waals surface area contributed by atoms with Crippen LogP contribution in [0.5, 0.6) is 0 Å². The third-order valence-electron chi connectivity index (χ3n) is 2.24. The number of aromatic nitrogens is 2. The van der Waals surface area contributed by atoms with E-state index < -0.39 is 0 Å². The SMILES string of the molecule is Cc1ccnc(Cl)c1N.Cc1ccncc1N. The van der Waals surface area contributed by atoms with Crippen molar-refractivity contribution in [1.29, 1.82) is 0 Å². The predicted octanol–water partition coefficient (Wildman–Crippen LogP) is 2.60. The Morgan fingerprint density at radius 3 is 2.12 bits per heavy atom. The molecule has 4 nitrogen and oxygen atoms in total. The van der Waals surface area contributed by atoms with E-state index >= 15 is 0 Å². The zero-order chi connectivity index (χ0) is 12.8. The van der Waals surface area contributed by atoms with Crippen LogP contribution in [0.25, 0.3) is 0 Å². The minimum Gasteiger partial charge on any atom is -0.397 e. The molecule has 2 rings (SSSR count). The highest BCUT2D eigenvalue weighted by Gasteiger charge is 1.96.